The number of aromatic nitrogens is 4. The van der Waals surface area contributed by atoms with Gasteiger partial charge in [-0.2, -0.15) is 11.8 Å². The Morgan fingerprint density at radius 2 is 2.24 bits per heavy atom. The summed E-state index contributed by atoms with van der Waals surface area (Å²) in [5.74, 6) is 0.877. The minimum atomic E-state index is 0.134. The normalized spacial score (nSPS) is 14.8. The number of rotatable bonds is 8. The molecular weight excluding hydrogens is 238 g/mol. The molecule has 1 N–H and O–H groups in total. The van der Waals surface area contributed by atoms with Gasteiger partial charge in [0.05, 0.1) is 19.2 Å². The van der Waals surface area contributed by atoms with Crippen molar-refractivity contribution in [2.24, 2.45) is 0 Å². The summed E-state index contributed by atoms with van der Waals surface area (Å²) in [6.07, 6.45) is 2.09. The van der Waals surface area contributed by atoms with Crippen LogP contribution in [-0.4, -0.2) is 52.0 Å². The van der Waals surface area contributed by atoms with E-state index in [0.29, 0.717) is 11.9 Å². The largest absolute Gasteiger partial charge is 0.383 e. The summed E-state index contributed by atoms with van der Waals surface area (Å²) in [6, 6.07) is 0.134. The molecule has 2 atom stereocenters. The molecular formula is C10H21N5OS. The van der Waals surface area contributed by atoms with Gasteiger partial charge in [-0.05, 0) is 23.6 Å². The summed E-state index contributed by atoms with van der Waals surface area (Å²) < 4.78 is 6.86. The van der Waals surface area contributed by atoms with E-state index in [1.165, 1.54) is 0 Å². The van der Waals surface area contributed by atoms with Crippen LogP contribution in [0.25, 0.3) is 0 Å². The molecule has 0 radical (unpaired) electrons. The van der Waals surface area contributed by atoms with Crippen LogP contribution in [0.1, 0.15) is 25.7 Å². The number of hydrogen-bond acceptors (Lipinski definition) is 6. The predicted molar refractivity (Wildman–Crippen MR) is 69.1 cm³/mol. The fourth-order valence-corrected chi connectivity index (χ4v) is 1.73. The van der Waals surface area contributed by atoms with E-state index < -0.39 is 0 Å². The molecule has 1 rings (SSSR count). The Labute approximate surface area is 106 Å². The van der Waals surface area contributed by atoms with Crippen molar-refractivity contribution in [2.75, 3.05) is 26.5 Å². The van der Waals surface area contributed by atoms with E-state index in [0.717, 1.165) is 18.9 Å². The Kier molecular flexibility index (Phi) is 6.46. The molecule has 17 heavy (non-hydrogen) atoms. The van der Waals surface area contributed by atoms with Crippen molar-refractivity contribution >= 4 is 11.8 Å². The van der Waals surface area contributed by atoms with Crippen LogP contribution in [0, 0.1) is 0 Å². The lowest BCUT2D eigenvalue weighted by Gasteiger charge is -2.14. The molecule has 0 fully saturated rings. The van der Waals surface area contributed by atoms with Crippen molar-refractivity contribution in [3.8, 4) is 0 Å². The summed E-state index contributed by atoms with van der Waals surface area (Å²) in [7, 11) is 1.69. The molecule has 1 aromatic heterocycles. The van der Waals surface area contributed by atoms with Gasteiger partial charge in [-0.1, -0.05) is 6.92 Å². The van der Waals surface area contributed by atoms with E-state index in [-0.39, 0.29) is 6.04 Å². The molecule has 0 aromatic carbocycles. The highest BCUT2D eigenvalue weighted by molar-refractivity contribution is 7.99. The molecule has 6 nitrogen and oxygen atoms in total. The summed E-state index contributed by atoms with van der Waals surface area (Å²) in [4.78, 5) is 0. The van der Waals surface area contributed by atoms with Crippen LogP contribution < -0.4 is 5.32 Å². The molecule has 1 heterocycles. The monoisotopic (exact) mass is 259 g/mol. The van der Waals surface area contributed by atoms with E-state index in [2.05, 4.69) is 40.9 Å². The lowest BCUT2D eigenvalue weighted by atomic mass is 10.3. The van der Waals surface area contributed by atoms with Crippen molar-refractivity contribution in [1.82, 2.24) is 25.5 Å². The fraction of sp³-hybridized carbons (Fsp3) is 0.900. The Bertz CT molecular complexity index is 319. The molecule has 0 spiro atoms. The van der Waals surface area contributed by atoms with Gasteiger partial charge in [-0.25, -0.2) is 4.68 Å². The van der Waals surface area contributed by atoms with Crippen LogP contribution >= 0.6 is 11.8 Å². The summed E-state index contributed by atoms with van der Waals surface area (Å²) in [5.41, 5.74) is 0. The van der Waals surface area contributed by atoms with Crippen molar-refractivity contribution < 1.29 is 4.74 Å². The zero-order valence-electron chi connectivity index (χ0n) is 10.9. The second-order valence-electron chi connectivity index (χ2n) is 3.93. The van der Waals surface area contributed by atoms with Gasteiger partial charge in [0.25, 0.3) is 0 Å². The van der Waals surface area contributed by atoms with Gasteiger partial charge in [0.1, 0.15) is 0 Å². The first-order valence-electron chi connectivity index (χ1n) is 5.70. The Morgan fingerprint density at radius 1 is 1.47 bits per heavy atom. The summed E-state index contributed by atoms with van der Waals surface area (Å²) >= 11 is 1.81. The number of thioether (sulfide) groups is 1. The summed E-state index contributed by atoms with van der Waals surface area (Å²) in [6.45, 7) is 6.54. The minimum absolute atomic E-state index is 0.134. The highest BCUT2D eigenvalue weighted by Crippen LogP contribution is 2.12. The maximum absolute atomic E-state index is 5.00. The van der Waals surface area contributed by atoms with Crippen molar-refractivity contribution in [1.29, 1.82) is 0 Å². The van der Waals surface area contributed by atoms with Crippen molar-refractivity contribution in [3.63, 3.8) is 0 Å². The first-order chi connectivity index (χ1) is 8.19. The molecule has 0 saturated heterocycles. The van der Waals surface area contributed by atoms with Crippen molar-refractivity contribution in [3.05, 3.63) is 5.82 Å². The second kappa shape index (κ2) is 7.62. The average Bonchev–Trinajstić information content (AvgIpc) is 2.77. The molecule has 2 unspecified atom stereocenters. The number of nitrogens with one attached hydrogen (secondary N) is 1. The minimum Gasteiger partial charge on any atom is -0.383 e. The van der Waals surface area contributed by atoms with Crippen LogP contribution in [0.4, 0.5) is 0 Å². The molecule has 0 bridgehead atoms. The Hall–Kier alpha value is -0.660. The van der Waals surface area contributed by atoms with E-state index in [1.54, 1.807) is 7.11 Å². The van der Waals surface area contributed by atoms with Gasteiger partial charge in [0.15, 0.2) is 5.82 Å². The maximum Gasteiger partial charge on any atom is 0.167 e. The topological polar surface area (TPSA) is 64.9 Å². The lowest BCUT2D eigenvalue weighted by molar-refractivity contribution is 0.195. The molecule has 0 aliphatic heterocycles. The quantitative estimate of drug-likeness (QED) is 0.694. The molecule has 1 aromatic rings. The van der Waals surface area contributed by atoms with Gasteiger partial charge in [-0.15, -0.1) is 5.10 Å². The third-order valence-electron chi connectivity index (χ3n) is 2.54. The number of methoxy groups -OCH3 is 1. The SMILES string of the molecule is COCCNC(C)c1nnnn1CC(C)SC. The van der Waals surface area contributed by atoms with Crippen LogP contribution in [0.2, 0.25) is 0 Å². The van der Waals surface area contributed by atoms with Crippen LogP contribution in [0.15, 0.2) is 0 Å². The van der Waals surface area contributed by atoms with Gasteiger partial charge < -0.3 is 10.1 Å². The van der Waals surface area contributed by atoms with E-state index in [9.17, 15) is 0 Å². The molecule has 7 heteroatoms. The second-order valence-corrected chi connectivity index (χ2v) is 5.21. The van der Waals surface area contributed by atoms with Crippen LogP contribution in [0.3, 0.4) is 0 Å². The number of tetrazole rings is 1. The third kappa shape index (κ3) is 4.61. The summed E-state index contributed by atoms with van der Waals surface area (Å²) in [5, 5.41) is 15.7. The fourth-order valence-electron chi connectivity index (χ4n) is 1.44. The first kappa shape index (κ1) is 14.4. The highest BCUT2D eigenvalue weighted by Gasteiger charge is 2.15. The number of ether oxygens (including phenoxy) is 1. The first-order valence-corrected chi connectivity index (χ1v) is 6.99. The van der Waals surface area contributed by atoms with Gasteiger partial charge in [0, 0.05) is 18.9 Å². The van der Waals surface area contributed by atoms with E-state index >= 15 is 0 Å². The standard InChI is InChI=1S/C10H21N5OS/c1-8(17-4)7-15-10(12-13-14-15)9(2)11-5-6-16-3/h8-9,11H,5-7H2,1-4H3. The van der Waals surface area contributed by atoms with Gasteiger partial charge in [0.2, 0.25) is 0 Å². The lowest BCUT2D eigenvalue weighted by Crippen LogP contribution is -2.26. The highest BCUT2D eigenvalue weighted by atomic mass is 32.2. The number of nitrogens with zero attached hydrogens (tertiary/aromatic N) is 4. The molecule has 0 saturated carbocycles. The van der Waals surface area contributed by atoms with Crippen LogP contribution in [-0.2, 0) is 11.3 Å². The van der Waals surface area contributed by atoms with Crippen molar-refractivity contribution in [2.45, 2.75) is 31.7 Å². The van der Waals surface area contributed by atoms with Gasteiger partial charge in [-0.3, -0.25) is 0 Å². The Morgan fingerprint density at radius 3 is 2.88 bits per heavy atom. The average molecular weight is 259 g/mol. The molecule has 0 aliphatic carbocycles. The third-order valence-corrected chi connectivity index (χ3v) is 3.49. The maximum atomic E-state index is 5.00. The molecule has 0 aliphatic rings. The van der Waals surface area contributed by atoms with E-state index in [1.807, 2.05) is 16.4 Å². The zero-order valence-corrected chi connectivity index (χ0v) is 11.7. The zero-order chi connectivity index (χ0) is 12.7. The predicted octanol–water partition coefficient (Wildman–Crippen LogP) is 0.722. The van der Waals surface area contributed by atoms with Gasteiger partial charge >= 0.3 is 0 Å². The molecule has 0 amide bonds. The van der Waals surface area contributed by atoms with Crippen LogP contribution in [0.5, 0.6) is 0 Å². The number of hydrogen-bond donors (Lipinski definition) is 1. The smallest absolute Gasteiger partial charge is 0.167 e. The van der Waals surface area contributed by atoms with E-state index in [4.69, 9.17) is 4.74 Å². The Balaban J connectivity index is 2.54. The molecule has 98 valence electrons.